The van der Waals surface area contributed by atoms with Gasteiger partial charge in [-0.3, -0.25) is 9.59 Å². The van der Waals surface area contributed by atoms with E-state index in [1.165, 1.54) is 13.8 Å². The number of carboxylic acid groups (broad SMARTS) is 1. The molecule has 76 valence electrons. The normalized spacial score (nSPS) is 14.7. The number of carboxylic acids is 1. The van der Waals surface area contributed by atoms with Crippen LogP contribution < -0.4 is 0 Å². The van der Waals surface area contributed by atoms with Gasteiger partial charge in [-0.1, -0.05) is 0 Å². The van der Waals surface area contributed by atoms with Crippen LogP contribution in [0.25, 0.3) is 0 Å². The van der Waals surface area contributed by atoms with Crippen molar-refractivity contribution in [3.63, 3.8) is 0 Å². The Balaban J connectivity index is 3.76. The predicted molar refractivity (Wildman–Crippen MR) is 44.0 cm³/mol. The topological polar surface area (TPSA) is 83.8 Å². The number of rotatable bonds is 5. The Kier molecular flexibility index (Phi) is 5.06. The van der Waals surface area contributed by atoms with Gasteiger partial charge in [0, 0.05) is 0 Å². The quantitative estimate of drug-likeness (QED) is 0.590. The second-order valence-electron chi connectivity index (χ2n) is 2.95. The van der Waals surface area contributed by atoms with E-state index in [1.807, 2.05) is 0 Å². The number of aliphatic hydroxyl groups excluding tert-OH is 1. The molecule has 0 aliphatic carbocycles. The van der Waals surface area contributed by atoms with Crippen molar-refractivity contribution >= 4 is 11.9 Å². The number of hydrogen-bond donors (Lipinski definition) is 2. The molecule has 2 N–H and O–H groups in total. The van der Waals surface area contributed by atoms with Gasteiger partial charge in [0.15, 0.2) is 0 Å². The van der Waals surface area contributed by atoms with E-state index in [4.69, 9.17) is 10.2 Å². The smallest absolute Gasteiger partial charge is 0.311 e. The third kappa shape index (κ3) is 4.47. The lowest BCUT2D eigenvalue weighted by atomic mass is 10.2. The highest BCUT2D eigenvalue weighted by Gasteiger charge is 2.17. The highest BCUT2D eigenvalue weighted by molar-refractivity contribution is 5.73. The lowest BCUT2D eigenvalue weighted by Gasteiger charge is -2.10. The lowest BCUT2D eigenvalue weighted by Crippen LogP contribution is -2.23. The van der Waals surface area contributed by atoms with Crippen LogP contribution in [0, 0.1) is 11.8 Å². The summed E-state index contributed by atoms with van der Waals surface area (Å²) in [5.41, 5.74) is 0. The first kappa shape index (κ1) is 11.9. The van der Waals surface area contributed by atoms with E-state index >= 15 is 0 Å². The zero-order chi connectivity index (χ0) is 10.4. The van der Waals surface area contributed by atoms with E-state index in [1.54, 1.807) is 0 Å². The van der Waals surface area contributed by atoms with Gasteiger partial charge in [0.25, 0.3) is 0 Å². The van der Waals surface area contributed by atoms with Crippen LogP contribution in [0.3, 0.4) is 0 Å². The van der Waals surface area contributed by atoms with Crippen LogP contribution in [0.2, 0.25) is 0 Å². The molecule has 0 saturated heterocycles. The molecule has 0 amide bonds. The van der Waals surface area contributed by atoms with Gasteiger partial charge in [-0.15, -0.1) is 0 Å². The van der Waals surface area contributed by atoms with Crippen LogP contribution in [0.1, 0.15) is 13.8 Å². The summed E-state index contributed by atoms with van der Waals surface area (Å²) in [4.78, 5) is 21.2. The number of aliphatic hydroxyl groups is 1. The molecular formula is C8H14O5. The predicted octanol–water partition coefficient (Wildman–Crippen LogP) is -0.121. The fourth-order valence-electron chi connectivity index (χ4n) is 0.495. The molecule has 0 aromatic carbocycles. The molecule has 5 nitrogen and oxygen atoms in total. The number of esters is 1. The molecular weight excluding hydrogens is 176 g/mol. The minimum absolute atomic E-state index is 0.154. The molecule has 5 heteroatoms. The van der Waals surface area contributed by atoms with Crippen LogP contribution in [0.4, 0.5) is 0 Å². The van der Waals surface area contributed by atoms with Gasteiger partial charge in [0.05, 0.1) is 18.4 Å². The zero-order valence-electron chi connectivity index (χ0n) is 7.69. The maximum atomic E-state index is 10.9. The van der Waals surface area contributed by atoms with Crippen LogP contribution in [0.15, 0.2) is 0 Å². The van der Waals surface area contributed by atoms with E-state index in [-0.39, 0.29) is 13.2 Å². The number of hydrogen-bond acceptors (Lipinski definition) is 4. The monoisotopic (exact) mass is 190 g/mol. The number of carbonyl (C=O) groups is 2. The molecule has 0 aliphatic rings. The number of ether oxygens (including phenoxy) is 1. The summed E-state index contributed by atoms with van der Waals surface area (Å²) in [6.45, 7) is 2.51. The Morgan fingerprint density at radius 2 is 1.85 bits per heavy atom. The molecule has 1 unspecified atom stereocenters. The zero-order valence-corrected chi connectivity index (χ0v) is 7.69. The molecule has 0 aromatic rings. The summed E-state index contributed by atoms with van der Waals surface area (Å²) >= 11 is 0. The minimum atomic E-state index is -1.01. The average Bonchev–Trinajstić information content (AvgIpc) is 2.11. The summed E-state index contributed by atoms with van der Waals surface area (Å²) in [7, 11) is 0. The first-order chi connectivity index (χ1) is 5.99. The number of aliphatic carboxylic acids is 1. The van der Waals surface area contributed by atoms with Gasteiger partial charge in [-0.25, -0.2) is 0 Å². The molecule has 2 atom stereocenters. The van der Waals surface area contributed by atoms with Crippen molar-refractivity contribution in [2.75, 3.05) is 13.2 Å². The first-order valence-electron chi connectivity index (χ1n) is 3.99. The third-order valence-corrected chi connectivity index (χ3v) is 1.57. The standard InChI is InChI=1S/C8H14O5/c1-5(3-9)8(12)13-4-6(2)7(10)11/h5-6,9H,3-4H2,1-2H3,(H,10,11)/t5?,6-/m0/s1. The highest BCUT2D eigenvalue weighted by Crippen LogP contribution is 2.01. The van der Waals surface area contributed by atoms with Crippen molar-refractivity contribution in [3.05, 3.63) is 0 Å². The van der Waals surface area contributed by atoms with Crippen molar-refractivity contribution in [2.45, 2.75) is 13.8 Å². The Bertz CT molecular complexity index is 189. The maximum Gasteiger partial charge on any atom is 0.311 e. The Labute approximate surface area is 76.3 Å². The molecule has 0 saturated carbocycles. The van der Waals surface area contributed by atoms with E-state index in [9.17, 15) is 9.59 Å². The first-order valence-corrected chi connectivity index (χ1v) is 3.99. The van der Waals surface area contributed by atoms with E-state index < -0.39 is 23.8 Å². The minimum Gasteiger partial charge on any atom is -0.481 e. The van der Waals surface area contributed by atoms with Gasteiger partial charge in [0.2, 0.25) is 0 Å². The van der Waals surface area contributed by atoms with Crippen LogP contribution in [-0.4, -0.2) is 35.4 Å². The van der Waals surface area contributed by atoms with Crippen molar-refractivity contribution in [1.82, 2.24) is 0 Å². The second-order valence-corrected chi connectivity index (χ2v) is 2.95. The van der Waals surface area contributed by atoms with Crippen molar-refractivity contribution in [3.8, 4) is 0 Å². The molecule has 0 spiro atoms. The number of carbonyl (C=O) groups excluding carboxylic acids is 1. The molecule has 0 heterocycles. The Morgan fingerprint density at radius 3 is 2.23 bits per heavy atom. The molecule has 0 aliphatic heterocycles. The maximum absolute atomic E-state index is 10.9. The summed E-state index contributed by atoms with van der Waals surface area (Å²) < 4.78 is 4.64. The van der Waals surface area contributed by atoms with Crippen LogP contribution in [-0.2, 0) is 14.3 Å². The molecule has 0 fully saturated rings. The van der Waals surface area contributed by atoms with Gasteiger partial charge >= 0.3 is 11.9 Å². The molecule has 0 rings (SSSR count). The van der Waals surface area contributed by atoms with Gasteiger partial charge in [-0.05, 0) is 13.8 Å². The highest BCUT2D eigenvalue weighted by atomic mass is 16.5. The van der Waals surface area contributed by atoms with Gasteiger partial charge in [-0.2, -0.15) is 0 Å². The largest absolute Gasteiger partial charge is 0.481 e. The summed E-state index contributed by atoms with van der Waals surface area (Å²) in [6.07, 6.45) is 0. The van der Waals surface area contributed by atoms with E-state index in [0.717, 1.165) is 0 Å². The van der Waals surface area contributed by atoms with E-state index in [0.29, 0.717) is 0 Å². The SMILES string of the molecule is CC(CO)C(=O)OC[C@H](C)C(=O)O. The summed E-state index contributed by atoms with van der Waals surface area (Å²) in [6, 6.07) is 0. The second kappa shape index (κ2) is 5.53. The third-order valence-electron chi connectivity index (χ3n) is 1.57. The van der Waals surface area contributed by atoms with Crippen LogP contribution >= 0.6 is 0 Å². The molecule has 0 aromatic heterocycles. The van der Waals surface area contributed by atoms with Crippen molar-refractivity contribution < 1.29 is 24.5 Å². The molecule has 0 bridgehead atoms. The lowest BCUT2D eigenvalue weighted by molar-refractivity contribution is -0.154. The van der Waals surface area contributed by atoms with Crippen molar-refractivity contribution in [1.29, 1.82) is 0 Å². The summed E-state index contributed by atoms with van der Waals surface area (Å²) in [5, 5.41) is 17.0. The average molecular weight is 190 g/mol. The molecule has 13 heavy (non-hydrogen) atoms. The van der Waals surface area contributed by atoms with Gasteiger partial charge in [0.1, 0.15) is 6.61 Å². The van der Waals surface area contributed by atoms with Gasteiger partial charge < -0.3 is 14.9 Å². The fraction of sp³-hybridized carbons (Fsp3) is 0.750. The summed E-state index contributed by atoms with van der Waals surface area (Å²) in [5.74, 6) is -2.89. The van der Waals surface area contributed by atoms with Crippen LogP contribution in [0.5, 0.6) is 0 Å². The fourth-order valence-corrected chi connectivity index (χ4v) is 0.495. The van der Waals surface area contributed by atoms with E-state index in [2.05, 4.69) is 4.74 Å². The molecule has 0 radical (unpaired) electrons. The Morgan fingerprint density at radius 1 is 1.31 bits per heavy atom. The Hall–Kier alpha value is -1.10. The van der Waals surface area contributed by atoms with Crippen molar-refractivity contribution in [2.24, 2.45) is 11.8 Å².